The van der Waals surface area contributed by atoms with Crippen LogP contribution < -0.4 is 4.74 Å². The Labute approximate surface area is 145 Å². The molecule has 1 atom stereocenters. The van der Waals surface area contributed by atoms with Gasteiger partial charge in [0, 0.05) is 25.4 Å². The molecule has 0 aliphatic carbocycles. The second kappa shape index (κ2) is 7.59. The van der Waals surface area contributed by atoms with E-state index in [4.69, 9.17) is 4.74 Å². The van der Waals surface area contributed by atoms with Crippen LogP contribution in [0.3, 0.4) is 0 Å². The van der Waals surface area contributed by atoms with E-state index in [2.05, 4.69) is 4.98 Å². The van der Waals surface area contributed by atoms with Crippen LogP contribution >= 0.6 is 0 Å². The SMILES string of the molecule is CCOc1ncccc1C(=O)N1CCC(Cc2cc(F)cc(F)c2)C1. The van der Waals surface area contributed by atoms with Gasteiger partial charge in [-0.3, -0.25) is 4.79 Å². The van der Waals surface area contributed by atoms with Crippen molar-refractivity contribution in [1.82, 2.24) is 9.88 Å². The molecule has 1 amide bonds. The van der Waals surface area contributed by atoms with Crippen LogP contribution in [0.1, 0.15) is 29.3 Å². The molecule has 1 aliphatic rings. The van der Waals surface area contributed by atoms with Crippen molar-refractivity contribution in [2.75, 3.05) is 19.7 Å². The quantitative estimate of drug-likeness (QED) is 0.833. The maximum Gasteiger partial charge on any atom is 0.259 e. The van der Waals surface area contributed by atoms with E-state index >= 15 is 0 Å². The molecule has 4 nitrogen and oxygen atoms in total. The predicted molar refractivity (Wildman–Crippen MR) is 89.5 cm³/mol. The molecule has 3 rings (SSSR count). The van der Waals surface area contributed by atoms with Crippen LogP contribution in [-0.2, 0) is 6.42 Å². The van der Waals surface area contributed by atoms with E-state index in [1.165, 1.54) is 12.1 Å². The minimum atomic E-state index is -0.572. The topological polar surface area (TPSA) is 42.4 Å². The smallest absolute Gasteiger partial charge is 0.259 e. The van der Waals surface area contributed by atoms with Gasteiger partial charge in [0.2, 0.25) is 5.88 Å². The van der Waals surface area contributed by atoms with Gasteiger partial charge in [-0.1, -0.05) is 0 Å². The lowest BCUT2D eigenvalue weighted by molar-refractivity contribution is 0.0782. The molecule has 1 aromatic carbocycles. The van der Waals surface area contributed by atoms with Crippen molar-refractivity contribution in [1.29, 1.82) is 0 Å². The summed E-state index contributed by atoms with van der Waals surface area (Å²) in [5, 5.41) is 0. The van der Waals surface area contributed by atoms with Gasteiger partial charge >= 0.3 is 0 Å². The molecule has 132 valence electrons. The summed E-state index contributed by atoms with van der Waals surface area (Å²) in [7, 11) is 0. The Morgan fingerprint density at radius 2 is 2.08 bits per heavy atom. The van der Waals surface area contributed by atoms with Crippen LogP contribution in [0.15, 0.2) is 36.5 Å². The van der Waals surface area contributed by atoms with Gasteiger partial charge in [0.05, 0.1) is 6.61 Å². The Balaban J connectivity index is 1.67. The summed E-state index contributed by atoms with van der Waals surface area (Å²) in [5.41, 5.74) is 1.06. The molecular weight excluding hydrogens is 326 g/mol. The minimum absolute atomic E-state index is 0.121. The van der Waals surface area contributed by atoms with Gasteiger partial charge in [0.15, 0.2) is 0 Å². The van der Waals surface area contributed by atoms with E-state index in [0.29, 0.717) is 43.1 Å². The maximum atomic E-state index is 13.3. The van der Waals surface area contributed by atoms with E-state index in [9.17, 15) is 13.6 Å². The Morgan fingerprint density at radius 1 is 1.32 bits per heavy atom. The van der Waals surface area contributed by atoms with E-state index in [1.54, 1.807) is 23.2 Å². The number of ether oxygens (including phenoxy) is 1. The molecule has 25 heavy (non-hydrogen) atoms. The molecule has 6 heteroatoms. The Bertz CT molecular complexity index is 747. The Kier molecular flexibility index (Phi) is 5.26. The van der Waals surface area contributed by atoms with Gasteiger partial charge in [0.25, 0.3) is 5.91 Å². The molecule has 1 aromatic heterocycles. The third-order valence-corrected chi connectivity index (χ3v) is 4.30. The molecule has 0 saturated carbocycles. The van der Waals surface area contributed by atoms with Crippen LogP contribution in [0.5, 0.6) is 5.88 Å². The highest BCUT2D eigenvalue weighted by molar-refractivity contribution is 5.96. The standard InChI is InChI=1S/C19H20F2N2O2/c1-2-25-18-17(4-3-6-22-18)19(24)23-7-5-13(12-23)8-14-9-15(20)11-16(21)10-14/h3-4,6,9-11,13H,2,5,7-8,12H2,1H3. The van der Waals surface area contributed by atoms with Gasteiger partial charge in [-0.2, -0.15) is 0 Å². The molecule has 1 saturated heterocycles. The summed E-state index contributed by atoms with van der Waals surface area (Å²) in [6.45, 7) is 3.44. The minimum Gasteiger partial charge on any atom is -0.477 e. The number of aromatic nitrogens is 1. The van der Waals surface area contributed by atoms with Crippen LogP contribution in [0, 0.1) is 17.6 Å². The average Bonchev–Trinajstić information content (AvgIpc) is 3.02. The summed E-state index contributed by atoms with van der Waals surface area (Å²) in [6.07, 6.45) is 2.94. The molecule has 0 N–H and O–H groups in total. The highest BCUT2D eigenvalue weighted by atomic mass is 19.1. The van der Waals surface area contributed by atoms with Crippen molar-refractivity contribution >= 4 is 5.91 Å². The molecule has 0 spiro atoms. The summed E-state index contributed by atoms with van der Waals surface area (Å²) in [5.74, 6) is -0.747. The summed E-state index contributed by atoms with van der Waals surface area (Å²) < 4.78 is 32.1. The zero-order valence-electron chi connectivity index (χ0n) is 14.0. The number of hydrogen-bond acceptors (Lipinski definition) is 3. The van der Waals surface area contributed by atoms with Crippen molar-refractivity contribution in [2.45, 2.75) is 19.8 Å². The van der Waals surface area contributed by atoms with E-state index in [0.717, 1.165) is 12.5 Å². The fraction of sp³-hybridized carbons (Fsp3) is 0.368. The summed E-state index contributed by atoms with van der Waals surface area (Å²) >= 11 is 0. The zero-order chi connectivity index (χ0) is 17.8. The van der Waals surface area contributed by atoms with E-state index < -0.39 is 11.6 Å². The third kappa shape index (κ3) is 4.13. The number of carbonyl (C=O) groups is 1. The number of nitrogens with zero attached hydrogens (tertiary/aromatic N) is 2. The number of halogens is 2. The second-order valence-corrected chi connectivity index (χ2v) is 6.18. The third-order valence-electron chi connectivity index (χ3n) is 4.30. The first-order valence-corrected chi connectivity index (χ1v) is 8.39. The number of amides is 1. The predicted octanol–water partition coefficient (Wildman–Crippen LogP) is 3.46. The van der Waals surface area contributed by atoms with Crippen molar-refractivity contribution < 1.29 is 18.3 Å². The molecule has 1 aliphatic heterocycles. The molecular formula is C19H20F2N2O2. The van der Waals surface area contributed by atoms with Crippen LogP contribution in [0.2, 0.25) is 0 Å². The average molecular weight is 346 g/mol. The maximum absolute atomic E-state index is 13.3. The van der Waals surface area contributed by atoms with Gasteiger partial charge < -0.3 is 9.64 Å². The first-order chi connectivity index (χ1) is 12.1. The number of benzene rings is 1. The van der Waals surface area contributed by atoms with E-state index in [1.807, 2.05) is 6.92 Å². The lowest BCUT2D eigenvalue weighted by atomic mass is 9.98. The van der Waals surface area contributed by atoms with E-state index in [-0.39, 0.29) is 11.8 Å². The lowest BCUT2D eigenvalue weighted by Crippen LogP contribution is -2.29. The zero-order valence-corrected chi connectivity index (χ0v) is 14.0. The molecule has 2 heterocycles. The normalized spacial score (nSPS) is 16.9. The van der Waals surface area contributed by atoms with Gasteiger partial charge in [-0.25, -0.2) is 13.8 Å². The summed E-state index contributed by atoms with van der Waals surface area (Å²) in [4.78, 5) is 18.6. The van der Waals surface area contributed by atoms with Crippen LogP contribution in [0.4, 0.5) is 8.78 Å². The summed E-state index contributed by atoms with van der Waals surface area (Å²) in [6, 6.07) is 6.98. The van der Waals surface area contributed by atoms with Crippen LogP contribution in [-0.4, -0.2) is 35.5 Å². The van der Waals surface area contributed by atoms with Gasteiger partial charge in [0.1, 0.15) is 17.2 Å². The van der Waals surface area contributed by atoms with Crippen LogP contribution in [0.25, 0.3) is 0 Å². The number of carbonyl (C=O) groups excluding carboxylic acids is 1. The molecule has 2 aromatic rings. The number of hydrogen-bond donors (Lipinski definition) is 0. The molecule has 1 unspecified atom stereocenters. The molecule has 0 radical (unpaired) electrons. The fourth-order valence-corrected chi connectivity index (χ4v) is 3.22. The van der Waals surface area contributed by atoms with Gasteiger partial charge in [-0.05, 0) is 55.5 Å². The van der Waals surface area contributed by atoms with Crippen molar-refractivity contribution in [2.24, 2.45) is 5.92 Å². The first-order valence-electron chi connectivity index (χ1n) is 8.39. The van der Waals surface area contributed by atoms with Crippen molar-refractivity contribution in [3.8, 4) is 5.88 Å². The monoisotopic (exact) mass is 346 g/mol. The second-order valence-electron chi connectivity index (χ2n) is 6.18. The number of pyridine rings is 1. The van der Waals surface area contributed by atoms with Crippen molar-refractivity contribution in [3.05, 3.63) is 59.3 Å². The largest absolute Gasteiger partial charge is 0.477 e. The first kappa shape index (κ1) is 17.3. The highest BCUT2D eigenvalue weighted by Gasteiger charge is 2.29. The fourth-order valence-electron chi connectivity index (χ4n) is 3.22. The number of rotatable bonds is 5. The Hall–Kier alpha value is -2.50. The molecule has 1 fully saturated rings. The highest BCUT2D eigenvalue weighted by Crippen LogP contribution is 2.25. The number of likely N-dealkylation sites (tertiary alicyclic amines) is 1. The Morgan fingerprint density at radius 3 is 2.80 bits per heavy atom. The molecule has 0 bridgehead atoms. The lowest BCUT2D eigenvalue weighted by Gasteiger charge is -2.18. The van der Waals surface area contributed by atoms with Crippen molar-refractivity contribution in [3.63, 3.8) is 0 Å². The van der Waals surface area contributed by atoms with Gasteiger partial charge in [-0.15, -0.1) is 0 Å².